The molecule has 1 aliphatic rings. The highest BCUT2D eigenvalue weighted by Crippen LogP contribution is 2.41. The highest BCUT2D eigenvalue weighted by molar-refractivity contribution is 5.79. The third kappa shape index (κ3) is 4.01. The fraction of sp³-hybridized carbons (Fsp3) is 0.308. The molecular weight excluding hydrogens is 372 g/mol. The maximum absolute atomic E-state index is 13.2. The topological polar surface area (TPSA) is 53.4 Å². The van der Waals surface area contributed by atoms with E-state index in [1.807, 2.05) is 41.4 Å². The van der Waals surface area contributed by atoms with Crippen molar-refractivity contribution in [3.8, 4) is 11.1 Å². The molecular formula is C26H28N2O2. The number of likely N-dealkylation sites (tertiary alicyclic amines) is 1. The minimum absolute atomic E-state index is 0.0170. The smallest absolute Gasteiger partial charge is 0.223 e. The second-order valence-corrected chi connectivity index (χ2v) is 8.17. The van der Waals surface area contributed by atoms with Gasteiger partial charge in [-0.1, -0.05) is 60.7 Å². The molecule has 1 amide bonds. The van der Waals surface area contributed by atoms with E-state index in [1.54, 1.807) is 6.20 Å². The summed E-state index contributed by atoms with van der Waals surface area (Å²) in [7, 11) is 0. The van der Waals surface area contributed by atoms with Crippen molar-refractivity contribution in [3.05, 3.63) is 90.3 Å². The van der Waals surface area contributed by atoms with Gasteiger partial charge in [0.25, 0.3) is 0 Å². The predicted molar refractivity (Wildman–Crippen MR) is 119 cm³/mol. The number of carbonyl (C=O) groups is 1. The van der Waals surface area contributed by atoms with E-state index in [0.717, 1.165) is 28.7 Å². The van der Waals surface area contributed by atoms with Gasteiger partial charge < -0.3 is 10.0 Å². The van der Waals surface area contributed by atoms with Gasteiger partial charge >= 0.3 is 0 Å². The van der Waals surface area contributed by atoms with Crippen molar-refractivity contribution in [1.29, 1.82) is 0 Å². The number of aliphatic hydroxyl groups is 1. The number of hydrogen-bond donors (Lipinski definition) is 1. The Bertz CT molecular complexity index is 973. The highest BCUT2D eigenvalue weighted by atomic mass is 16.3. The van der Waals surface area contributed by atoms with Crippen molar-refractivity contribution >= 4 is 5.91 Å². The summed E-state index contributed by atoms with van der Waals surface area (Å²) in [5.41, 5.74) is 4.22. The molecule has 1 saturated heterocycles. The highest BCUT2D eigenvalue weighted by Gasteiger charge is 2.41. The summed E-state index contributed by atoms with van der Waals surface area (Å²) in [5, 5.41) is 9.67. The third-order valence-electron chi connectivity index (χ3n) is 6.47. The average molecular weight is 401 g/mol. The lowest BCUT2D eigenvalue weighted by Gasteiger charge is -2.43. The first-order valence-electron chi connectivity index (χ1n) is 10.6. The molecule has 0 aliphatic carbocycles. The molecule has 1 aromatic heterocycles. The Morgan fingerprint density at radius 1 is 1.03 bits per heavy atom. The molecule has 2 aromatic carbocycles. The van der Waals surface area contributed by atoms with Gasteiger partial charge in [-0.3, -0.25) is 9.78 Å². The number of aromatic nitrogens is 1. The lowest BCUT2D eigenvalue weighted by Crippen LogP contribution is -2.47. The molecule has 30 heavy (non-hydrogen) atoms. The van der Waals surface area contributed by atoms with Gasteiger partial charge in [0.1, 0.15) is 0 Å². The van der Waals surface area contributed by atoms with Crippen molar-refractivity contribution in [1.82, 2.24) is 9.88 Å². The molecule has 1 fully saturated rings. The fourth-order valence-electron chi connectivity index (χ4n) is 4.63. The van der Waals surface area contributed by atoms with E-state index >= 15 is 0 Å². The van der Waals surface area contributed by atoms with E-state index in [4.69, 9.17) is 0 Å². The number of carbonyl (C=O) groups excluding carboxylic acids is 1. The van der Waals surface area contributed by atoms with Crippen LogP contribution in [0.4, 0.5) is 0 Å². The van der Waals surface area contributed by atoms with E-state index in [2.05, 4.69) is 48.3 Å². The van der Waals surface area contributed by atoms with Crippen molar-refractivity contribution in [3.63, 3.8) is 0 Å². The number of amides is 1. The van der Waals surface area contributed by atoms with Crippen LogP contribution in [0.25, 0.3) is 11.1 Å². The number of hydrogen-bond acceptors (Lipinski definition) is 3. The van der Waals surface area contributed by atoms with Crippen LogP contribution in [-0.4, -0.2) is 34.0 Å². The van der Waals surface area contributed by atoms with Crippen LogP contribution < -0.4 is 0 Å². The first-order valence-corrected chi connectivity index (χ1v) is 10.6. The molecule has 0 unspecified atom stereocenters. The van der Waals surface area contributed by atoms with E-state index in [0.29, 0.717) is 19.4 Å². The third-order valence-corrected chi connectivity index (χ3v) is 6.47. The molecule has 0 saturated carbocycles. The number of piperidine rings is 1. The van der Waals surface area contributed by atoms with Crippen molar-refractivity contribution in [2.45, 2.75) is 37.6 Å². The summed E-state index contributed by atoms with van der Waals surface area (Å²) in [5.74, 6) is 0.155. The van der Waals surface area contributed by atoms with E-state index in [9.17, 15) is 9.90 Å². The molecule has 4 nitrogen and oxygen atoms in total. The van der Waals surface area contributed by atoms with Crippen LogP contribution in [0.5, 0.6) is 0 Å². The van der Waals surface area contributed by atoms with Gasteiger partial charge in [0.15, 0.2) is 0 Å². The summed E-state index contributed by atoms with van der Waals surface area (Å²) in [6.07, 6.45) is 5.55. The van der Waals surface area contributed by atoms with Gasteiger partial charge in [-0.2, -0.15) is 0 Å². The molecule has 0 radical (unpaired) electrons. The number of benzene rings is 2. The van der Waals surface area contributed by atoms with Crippen molar-refractivity contribution in [2.24, 2.45) is 0 Å². The van der Waals surface area contributed by atoms with Gasteiger partial charge in [0.05, 0.1) is 6.04 Å². The Kier molecular flexibility index (Phi) is 5.96. The summed E-state index contributed by atoms with van der Waals surface area (Å²) in [6, 6.07) is 22.6. The van der Waals surface area contributed by atoms with Gasteiger partial charge in [0, 0.05) is 37.4 Å². The largest absolute Gasteiger partial charge is 0.396 e. The van der Waals surface area contributed by atoms with Crippen LogP contribution in [-0.2, 0) is 10.2 Å². The van der Waals surface area contributed by atoms with E-state index in [1.165, 1.54) is 0 Å². The minimum atomic E-state index is -0.270. The van der Waals surface area contributed by atoms with Crippen LogP contribution in [0.2, 0.25) is 0 Å². The number of pyridine rings is 1. The number of nitrogens with zero attached hydrogens (tertiary/aromatic N) is 2. The molecule has 1 N–H and O–H groups in total. The standard InChI is InChI=1S/C26H28N2O2/c1-20(21-9-11-22(12-10-21)23-6-5-15-27-19-23)28-16-13-26(14-17-29,18-25(28)30)24-7-3-2-4-8-24/h2-12,15,19-20,29H,13-14,16-18H2,1H3/t20-,26+/m1/s1. The zero-order valence-corrected chi connectivity index (χ0v) is 17.4. The molecule has 2 heterocycles. The second kappa shape index (κ2) is 8.80. The lowest BCUT2D eigenvalue weighted by molar-refractivity contribution is -0.138. The first kappa shape index (κ1) is 20.3. The van der Waals surface area contributed by atoms with Crippen LogP contribution in [0, 0.1) is 0 Å². The maximum Gasteiger partial charge on any atom is 0.223 e. The zero-order valence-electron chi connectivity index (χ0n) is 17.4. The fourth-order valence-corrected chi connectivity index (χ4v) is 4.63. The Labute approximate surface area is 178 Å². The van der Waals surface area contributed by atoms with Crippen LogP contribution >= 0.6 is 0 Å². The van der Waals surface area contributed by atoms with Gasteiger partial charge in [-0.25, -0.2) is 0 Å². The van der Waals surface area contributed by atoms with Crippen LogP contribution in [0.15, 0.2) is 79.1 Å². The quantitative estimate of drug-likeness (QED) is 0.649. The number of rotatable bonds is 6. The van der Waals surface area contributed by atoms with Gasteiger partial charge in [-0.05, 0) is 48.1 Å². The summed E-state index contributed by atoms with van der Waals surface area (Å²) >= 11 is 0. The van der Waals surface area contributed by atoms with Crippen LogP contribution in [0.3, 0.4) is 0 Å². The lowest BCUT2D eigenvalue weighted by atomic mass is 9.70. The Balaban J connectivity index is 1.51. The molecule has 4 heteroatoms. The average Bonchev–Trinajstić information content (AvgIpc) is 2.80. The molecule has 154 valence electrons. The zero-order chi connectivity index (χ0) is 21.0. The maximum atomic E-state index is 13.2. The van der Waals surface area contributed by atoms with Crippen molar-refractivity contribution in [2.75, 3.05) is 13.2 Å². The monoisotopic (exact) mass is 400 g/mol. The normalized spacial score (nSPS) is 20.2. The van der Waals surface area contributed by atoms with Crippen molar-refractivity contribution < 1.29 is 9.90 Å². The number of aliphatic hydroxyl groups excluding tert-OH is 1. The summed E-state index contributed by atoms with van der Waals surface area (Å²) < 4.78 is 0. The molecule has 4 rings (SSSR count). The molecule has 3 aromatic rings. The summed E-state index contributed by atoms with van der Waals surface area (Å²) in [6.45, 7) is 2.88. The predicted octanol–water partition coefficient (Wildman–Crippen LogP) is 4.75. The first-order chi connectivity index (χ1) is 14.6. The summed E-state index contributed by atoms with van der Waals surface area (Å²) in [4.78, 5) is 19.4. The van der Waals surface area contributed by atoms with Gasteiger partial charge in [0.2, 0.25) is 5.91 Å². The second-order valence-electron chi connectivity index (χ2n) is 8.17. The molecule has 0 spiro atoms. The molecule has 0 bridgehead atoms. The minimum Gasteiger partial charge on any atom is -0.396 e. The molecule has 2 atom stereocenters. The van der Waals surface area contributed by atoms with E-state index in [-0.39, 0.29) is 24.0 Å². The van der Waals surface area contributed by atoms with Crippen LogP contribution in [0.1, 0.15) is 43.4 Å². The molecule has 1 aliphatic heterocycles. The Morgan fingerprint density at radius 3 is 2.43 bits per heavy atom. The Morgan fingerprint density at radius 2 is 1.80 bits per heavy atom. The van der Waals surface area contributed by atoms with E-state index < -0.39 is 0 Å². The van der Waals surface area contributed by atoms with Gasteiger partial charge in [-0.15, -0.1) is 0 Å². The Hall–Kier alpha value is -2.98. The SMILES string of the molecule is C[C@H](c1ccc(-c2cccnc2)cc1)N1CC[C@@](CCO)(c2ccccc2)CC1=O.